The fraction of sp³-hybridized carbons (Fsp3) is 0.265. The van der Waals surface area contributed by atoms with E-state index in [1.54, 1.807) is 72.8 Å². The number of carbonyl (C=O) groups excluding carboxylic acids is 6. The van der Waals surface area contributed by atoms with Crippen molar-refractivity contribution in [2.45, 2.75) is 82.3 Å². The lowest BCUT2D eigenvalue weighted by atomic mass is 9.88. The molecule has 0 spiro atoms. The number of unbranched alkanes of at least 4 members (excludes halogenated alkanes) is 2. The summed E-state index contributed by atoms with van der Waals surface area (Å²) in [6.07, 6.45) is 0.898. The summed E-state index contributed by atoms with van der Waals surface area (Å²) in [5.74, 6) is -3.89. The standard InChI is InChI=1S/C68H70N8O11/c1-42(62(78)73-57(64(80)70-40-44-17-9-6-10-18-44)39-68(85)54-21-14-15-22-55(54)74-67(68)84)71-65(81)56(35-43-24-29-49(30-25-43)86-41-45-19-11-7-12-20-45)72-60(77)23-13-8-16-34-69-63(79)46-26-31-50(53(36-46)66(82)83)61-51-32-27-47(75(2)3)37-58(51)87-59-38-48(76(4)5)28-33-52(59)61/h6-7,9-12,14-15,17-22,24-33,36-38,42,56-57,85H,8,13,16,23,34-35,39-41H2,1-5H3,(H6-,69,70,71,72,73,74,77,78,79,80,81,82,83,84)/p+1/t42-,56-,57-,68+/m0/s1. The van der Waals surface area contributed by atoms with Crippen molar-refractivity contribution in [3.63, 3.8) is 0 Å². The van der Waals surface area contributed by atoms with Gasteiger partial charge in [-0.1, -0.05) is 103 Å². The summed E-state index contributed by atoms with van der Waals surface area (Å²) < 4.78 is 14.4. The van der Waals surface area contributed by atoms with Crippen LogP contribution in [0.25, 0.3) is 33.4 Å². The molecular weight excluding hydrogens is 1100 g/mol. The highest BCUT2D eigenvalue weighted by Crippen LogP contribution is 2.43. The van der Waals surface area contributed by atoms with E-state index in [9.17, 15) is 43.8 Å². The number of rotatable bonds is 25. The fourth-order valence-electron chi connectivity index (χ4n) is 10.5. The molecule has 2 aliphatic heterocycles. The van der Waals surface area contributed by atoms with E-state index in [4.69, 9.17) is 9.15 Å². The van der Waals surface area contributed by atoms with Gasteiger partial charge in [-0.3, -0.25) is 28.8 Å². The molecule has 87 heavy (non-hydrogen) atoms. The second-order valence-electron chi connectivity index (χ2n) is 22.1. The van der Waals surface area contributed by atoms with Crippen molar-refractivity contribution < 1.29 is 52.9 Å². The van der Waals surface area contributed by atoms with E-state index >= 15 is 0 Å². The number of nitrogens with one attached hydrogen (secondary N) is 6. The fourth-order valence-corrected chi connectivity index (χ4v) is 10.5. The first-order valence-electron chi connectivity index (χ1n) is 28.8. The maximum Gasteiger partial charge on any atom is 0.336 e. The molecule has 1 aliphatic carbocycles. The van der Waals surface area contributed by atoms with Crippen molar-refractivity contribution in [1.29, 1.82) is 0 Å². The highest BCUT2D eigenvalue weighted by Gasteiger charge is 2.48. The summed E-state index contributed by atoms with van der Waals surface area (Å²) in [7, 11) is 7.69. The first-order valence-corrected chi connectivity index (χ1v) is 28.8. The van der Waals surface area contributed by atoms with Crippen molar-refractivity contribution in [1.82, 2.24) is 31.2 Å². The summed E-state index contributed by atoms with van der Waals surface area (Å²) in [5, 5.41) is 40.5. The molecule has 0 bridgehead atoms. The van der Waals surface area contributed by atoms with Gasteiger partial charge in [0.1, 0.15) is 55.9 Å². The van der Waals surface area contributed by atoms with Gasteiger partial charge in [-0.15, -0.1) is 0 Å². The number of aromatic carboxylic acids is 1. The maximum atomic E-state index is 14.2. The van der Waals surface area contributed by atoms with Crippen LogP contribution in [0.1, 0.15) is 82.0 Å². The van der Waals surface area contributed by atoms with Crippen molar-refractivity contribution in [3.05, 3.63) is 203 Å². The van der Waals surface area contributed by atoms with Gasteiger partial charge in [-0.05, 0) is 90.6 Å². The summed E-state index contributed by atoms with van der Waals surface area (Å²) in [5.41, 5.74) is 4.21. The smallest absolute Gasteiger partial charge is 0.336 e. The largest absolute Gasteiger partial charge is 0.489 e. The predicted molar refractivity (Wildman–Crippen MR) is 332 cm³/mol. The lowest BCUT2D eigenvalue weighted by molar-refractivity contribution is -0.139. The zero-order chi connectivity index (χ0) is 61.8. The molecule has 8 N–H and O–H groups in total. The first-order chi connectivity index (χ1) is 41.8. The highest BCUT2D eigenvalue weighted by atomic mass is 16.5. The van der Waals surface area contributed by atoms with Crippen LogP contribution in [0.15, 0.2) is 168 Å². The van der Waals surface area contributed by atoms with Gasteiger partial charge in [-0.2, -0.15) is 0 Å². The van der Waals surface area contributed by atoms with Gasteiger partial charge >= 0.3 is 5.97 Å². The highest BCUT2D eigenvalue weighted by molar-refractivity contribution is 6.09. The lowest BCUT2D eigenvalue weighted by Gasteiger charge is -2.28. The molecule has 3 aliphatic rings. The SMILES string of the molecule is C[C@H](NC(=O)[C@H](Cc1ccc(OCc2ccccc2)cc1)NC(=O)CCCCCNC(=O)c1ccc(-c2c3ccc(=[N+](C)C)cc-3oc3cc(N(C)C)ccc23)c(C(=O)O)c1)C(=O)N[C@@H](C[C@]1(O)C(=O)Nc2ccccc21)C(=O)NCc1ccccc1. The van der Waals surface area contributed by atoms with Crippen LogP contribution in [-0.2, 0) is 49.1 Å². The number of ether oxygens (including phenoxy) is 1. The average molecular weight is 1180 g/mol. The summed E-state index contributed by atoms with van der Waals surface area (Å²) >= 11 is 0. The van der Waals surface area contributed by atoms with E-state index in [0.717, 1.165) is 22.2 Å². The normalized spacial score (nSPS) is 14.4. The Labute approximate surface area is 503 Å². The zero-order valence-corrected chi connectivity index (χ0v) is 49.1. The molecule has 19 nitrogen and oxygen atoms in total. The molecule has 6 amide bonds. The molecule has 9 rings (SSSR count). The van der Waals surface area contributed by atoms with E-state index in [1.807, 2.05) is 123 Å². The Bertz CT molecular complexity index is 3880. The Hall–Kier alpha value is -10.1. The van der Waals surface area contributed by atoms with E-state index in [1.165, 1.54) is 13.0 Å². The summed E-state index contributed by atoms with van der Waals surface area (Å²) in [6, 6.07) is 44.6. The Morgan fingerprint density at radius 1 is 0.690 bits per heavy atom. The minimum atomic E-state index is -2.18. The predicted octanol–water partition coefficient (Wildman–Crippen LogP) is 7.13. The van der Waals surface area contributed by atoms with Gasteiger partial charge < -0.3 is 56.2 Å². The second-order valence-corrected chi connectivity index (χ2v) is 22.1. The number of anilines is 2. The molecule has 0 saturated heterocycles. The monoisotopic (exact) mass is 1180 g/mol. The molecule has 4 atom stereocenters. The molecule has 6 aromatic rings. The van der Waals surface area contributed by atoms with Gasteiger partial charge in [0.2, 0.25) is 29.0 Å². The van der Waals surface area contributed by atoms with Crippen LogP contribution in [0.2, 0.25) is 0 Å². The second kappa shape index (κ2) is 27.7. The number of carboxylic acids is 1. The first kappa shape index (κ1) is 61.4. The third-order valence-corrected chi connectivity index (χ3v) is 15.3. The van der Waals surface area contributed by atoms with Gasteiger partial charge in [-0.25, -0.2) is 9.37 Å². The number of para-hydroxylation sites is 1. The number of carbonyl (C=O) groups is 7. The molecule has 6 aromatic carbocycles. The maximum absolute atomic E-state index is 14.2. The van der Waals surface area contributed by atoms with E-state index in [0.29, 0.717) is 76.3 Å². The van der Waals surface area contributed by atoms with Gasteiger partial charge in [0.05, 0.1) is 11.6 Å². The van der Waals surface area contributed by atoms with Crippen molar-refractivity contribution in [3.8, 4) is 28.2 Å². The number of nitrogens with zero attached hydrogens (tertiary/aromatic N) is 2. The molecule has 0 aromatic heterocycles. The van der Waals surface area contributed by atoms with Gasteiger partial charge in [0.25, 0.3) is 11.8 Å². The quantitative estimate of drug-likeness (QED) is 0.0162. The van der Waals surface area contributed by atoms with E-state index < -0.39 is 71.6 Å². The number of fused-ring (bicyclic) bond motifs is 3. The minimum Gasteiger partial charge on any atom is -0.489 e. The van der Waals surface area contributed by atoms with Crippen LogP contribution in [0, 0.1) is 0 Å². The van der Waals surface area contributed by atoms with Crippen LogP contribution in [0.3, 0.4) is 0 Å². The Balaban J connectivity index is 0.837. The minimum absolute atomic E-state index is 0.0197. The lowest BCUT2D eigenvalue weighted by Crippen LogP contribution is -2.57. The average Bonchev–Trinajstić information content (AvgIpc) is 1.30. The molecule has 19 heteroatoms. The van der Waals surface area contributed by atoms with Crippen LogP contribution >= 0.6 is 0 Å². The van der Waals surface area contributed by atoms with Crippen LogP contribution < -0.4 is 51.5 Å². The molecular formula is C68H71N8O11+. The van der Waals surface area contributed by atoms with Crippen molar-refractivity contribution in [2.24, 2.45) is 0 Å². The number of hydrogen-bond acceptors (Lipinski definition) is 11. The molecule has 0 fully saturated rings. The van der Waals surface area contributed by atoms with Crippen LogP contribution in [0.5, 0.6) is 5.75 Å². The van der Waals surface area contributed by atoms with Crippen molar-refractivity contribution >= 4 is 63.8 Å². The van der Waals surface area contributed by atoms with Crippen LogP contribution in [0.4, 0.5) is 11.4 Å². The van der Waals surface area contributed by atoms with E-state index in [-0.39, 0.29) is 42.6 Å². The van der Waals surface area contributed by atoms with E-state index in [2.05, 4.69) is 31.9 Å². The summed E-state index contributed by atoms with van der Waals surface area (Å²) in [4.78, 5) is 97.6. The third kappa shape index (κ3) is 15.0. The van der Waals surface area contributed by atoms with Crippen LogP contribution in [-0.4, -0.2) is 104 Å². The summed E-state index contributed by atoms with van der Waals surface area (Å²) in [6.45, 7) is 2.07. The number of aliphatic hydroxyl groups is 1. The van der Waals surface area contributed by atoms with Gasteiger partial charge in [0, 0.05) is 97.6 Å². The molecule has 0 radical (unpaired) electrons. The number of amides is 6. The molecule has 0 saturated carbocycles. The molecule has 448 valence electrons. The number of carboxylic acid groups (broad SMARTS) is 1. The Morgan fingerprint density at radius 2 is 1.39 bits per heavy atom. The van der Waals surface area contributed by atoms with Gasteiger partial charge in [0.15, 0.2) is 5.60 Å². The Morgan fingerprint density at radius 3 is 2.10 bits per heavy atom. The topological polar surface area (TPSA) is 261 Å². The zero-order valence-electron chi connectivity index (χ0n) is 49.1. The van der Waals surface area contributed by atoms with Crippen molar-refractivity contribution in [2.75, 3.05) is 45.0 Å². The number of benzene rings is 7. The Kier molecular flexibility index (Phi) is 19.6. The number of hydrogen-bond donors (Lipinski definition) is 8. The molecule has 2 heterocycles. The molecule has 0 unspecified atom stereocenters. The third-order valence-electron chi connectivity index (χ3n) is 15.3.